The Labute approximate surface area is 103 Å². The quantitative estimate of drug-likeness (QED) is 0.842. The van der Waals surface area contributed by atoms with Crippen molar-refractivity contribution in [2.75, 3.05) is 20.2 Å². The van der Waals surface area contributed by atoms with Crippen LogP contribution in [0.4, 0.5) is 0 Å². The highest BCUT2D eigenvalue weighted by Gasteiger charge is 2.24. The molecule has 1 aliphatic rings. The largest absolute Gasteiger partial charge is 0.497 e. The van der Waals surface area contributed by atoms with Gasteiger partial charge in [0.15, 0.2) is 0 Å². The van der Waals surface area contributed by atoms with Crippen LogP contribution in [0.15, 0.2) is 18.2 Å². The minimum absolute atomic E-state index is 0.329. The minimum atomic E-state index is -0.367. The molecule has 2 rings (SSSR count). The fraction of sp³-hybridized carbons (Fsp3) is 0.571. The maximum atomic E-state index is 10.4. The molecule has 1 fully saturated rings. The van der Waals surface area contributed by atoms with Gasteiger partial charge in [-0.2, -0.15) is 0 Å². The van der Waals surface area contributed by atoms with Gasteiger partial charge in [0.1, 0.15) is 5.75 Å². The average Bonchev–Trinajstić information content (AvgIpc) is 2.39. The predicted octanol–water partition coefficient (Wildman–Crippen LogP) is 2.04. The van der Waals surface area contributed by atoms with Crippen molar-refractivity contribution in [2.24, 2.45) is 5.92 Å². The second kappa shape index (κ2) is 5.52. The molecule has 0 amide bonds. The Balaban J connectivity index is 2.15. The first-order valence-corrected chi connectivity index (χ1v) is 6.25. The molecule has 1 aromatic carbocycles. The van der Waals surface area contributed by atoms with E-state index < -0.39 is 0 Å². The van der Waals surface area contributed by atoms with Crippen molar-refractivity contribution >= 4 is 0 Å². The Morgan fingerprint density at radius 2 is 2.29 bits per heavy atom. The summed E-state index contributed by atoms with van der Waals surface area (Å²) in [6.45, 7) is 4.01. The van der Waals surface area contributed by atoms with E-state index in [-0.39, 0.29) is 6.10 Å². The Morgan fingerprint density at radius 3 is 2.88 bits per heavy atom. The van der Waals surface area contributed by atoms with Gasteiger partial charge in [0, 0.05) is 12.5 Å². The molecule has 0 aliphatic carbocycles. The number of aryl methyl sites for hydroxylation is 1. The number of hydrogen-bond donors (Lipinski definition) is 2. The van der Waals surface area contributed by atoms with Crippen LogP contribution in [-0.2, 0) is 0 Å². The fourth-order valence-electron chi connectivity index (χ4n) is 2.51. The lowest BCUT2D eigenvalue weighted by molar-refractivity contribution is 0.0916. The van der Waals surface area contributed by atoms with Gasteiger partial charge in [-0.05, 0) is 49.6 Å². The van der Waals surface area contributed by atoms with E-state index in [2.05, 4.69) is 5.32 Å². The van der Waals surface area contributed by atoms with E-state index in [0.717, 1.165) is 42.8 Å². The molecule has 0 aromatic heterocycles. The predicted molar refractivity (Wildman–Crippen MR) is 68.3 cm³/mol. The van der Waals surface area contributed by atoms with Crippen LogP contribution in [0.3, 0.4) is 0 Å². The molecule has 3 heteroatoms. The van der Waals surface area contributed by atoms with Crippen LogP contribution >= 0.6 is 0 Å². The van der Waals surface area contributed by atoms with Crippen molar-refractivity contribution < 1.29 is 9.84 Å². The van der Waals surface area contributed by atoms with Crippen LogP contribution < -0.4 is 10.1 Å². The monoisotopic (exact) mass is 235 g/mol. The van der Waals surface area contributed by atoms with Crippen molar-refractivity contribution in [3.05, 3.63) is 29.3 Å². The molecule has 1 saturated heterocycles. The fourth-order valence-corrected chi connectivity index (χ4v) is 2.51. The lowest BCUT2D eigenvalue weighted by Crippen LogP contribution is -2.33. The zero-order valence-electron chi connectivity index (χ0n) is 10.6. The number of aliphatic hydroxyl groups is 1. The third kappa shape index (κ3) is 2.79. The summed E-state index contributed by atoms with van der Waals surface area (Å²) in [6, 6.07) is 5.88. The zero-order chi connectivity index (χ0) is 12.3. The number of methoxy groups -OCH3 is 1. The Kier molecular flexibility index (Phi) is 4.02. The van der Waals surface area contributed by atoms with Crippen LogP contribution in [0.25, 0.3) is 0 Å². The lowest BCUT2D eigenvalue weighted by Gasteiger charge is -2.28. The van der Waals surface area contributed by atoms with E-state index >= 15 is 0 Å². The van der Waals surface area contributed by atoms with E-state index in [4.69, 9.17) is 4.74 Å². The first-order valence-electron chi connectivity index (χ1n) is 6.25. The van der Waals surface area contributed by atoms with Crippen molar-refractivity contribution in [1.82, 2.24) is 5.32 Å². The first kappa shape index (κ1) is 12.4. The van der Waals surface area contributed by atoms with E-state index in [1.165, 1.54) is 0 Å². The van der Waals surface area contributed by atoms with Gasteiger partial charge >= 0.3 is 0 Å². The smallest absolute Gasteiger partial charge is 0.119 e. The second-order valence-electron chi connectivity index (χ2n) is 4.77. The third-order valence-corrected chi connectivity index (χ3v) is 3.58. The summed E-state index contributed by atoms with van der Waals surface area (Å²) < 4.78 is 5.18. The molecule has 2 N–H and O–H groups in total. The molecule has 2 unspecified atom stereocenters. The van der Waals surface area contributed by atoms with Crippen LogP contribution in [0.1, 0.15) is 30.1 Å². The van der Waals surface area contributed by atoms with Gasteiger partial charge < -0.3 is 15.2 Å². The molecule has 0 saturated carbocycles. The molecule has 3 nitrogen and oxygen atoms in total. The molecule has 0 bridgehead atoms. The normalized spacial score (nSPS) is 22.2. The molecule has 0 spiro atoms. The highest BCUT2D eigenvalue weighted by atomic mass is 16.5. The number of aliphatic hydroxyl groups excluding tert-OH is 1. The minimum Gasteiger partial charge on any atom is -0.497 e. The van der Waals surface area contributed by atoms with Crippen LogP contribution in [0.2, 0.25) is 0 Å². The van der Waals surface area contributed by atoms with Crippen molar-refractivity contribution in [3.8, 4) is 5.75 Å². The topological polar surface area (TPSA) is 41.5 Å². The lowest BCUT2D eigenvalue weighted by atomic mass is 9.87. The molecule has 17 heavy (non-hydrogen) atoms. The SMILES string of the molecule is COc1ccc(C(O)C2CCCNC2)c(C)c1. The molecular formula is C14H21NO2. The van der Waals surface area contributed by atoms with Gasteiger partial charge in [0.2, 0.25) is 0 Å². The van der Waals surface area contributed by atoms with Gasteiger partial charge in [-0.3, -0.25) is 0 Å². The average molecular weight is 235 g/mol. The van der Waals surface area contributed by atoms with Crippen molar-refractivity contribution in [2.45, 2.75) is 25.9 Å². The van der Waals surface area contributed by atoms with Gasteiger partial charge in [-0.25, -0.2) is 0 Å². The van der Waals surface area contributed by atoms with Gasteiger partial charge in [0.05, 0.1) is 13.2 Å². The second-order valence-corrected chi connectivity index (χ2v) is 4.77. The summed E-state index contributed by atoms with van der Waals surface area (Å²) in [5.74, 6) is 1.18. The maximum absolute atomic E-state index is 10.4. The summed E-state index contributed by atoms with van der Waals surface area (Å²) >= 11 is 0. The highest BCUT2D eigenvalue weighted by molar-refractivity contribution is 5.36. The summed E-state index contributed by atoms with van der Waals surface area (Å²) in [5.41, 5.74) is 2.13. The summed E-state index contributed by atoms with van der Waals surface area (Å²) in [5, 5.41) is 13.8. The van der Waals surface area contributed by atoms with Gasteiger partial charge in [-0.15, -0.1) is 0 Å². The van der Waals surface area contributed by atoms with Crippen molar-refractivity contribution in [3.63, 3.8) is 0 Å². The number of ether oxygens (including phenoxy) is 1. The highest BCUT2D eigenvalue weighted by Crippen LogP contribution is 2.30. The summed E-state index contributed by atoms with van der Waals surface area (Å²) in [6.07, 6.45) is 1.88. The van der Waals surface area contributed by atoms with Gasteiger partial charge in [0.25, 0.3) is 0 Å². The van der Waals surface area contributed by atoms with Gasteiger partial charge in [-0.1, -0.05) is 6.07 Å². The standard InChI is InChI=1S/C14H21NO2/c1-10-8-12(17-2)5-6-13(10)14(16)11-4-3-7-15-9-11/h5-6,8,11,14-16H,3-4,7,9H2,1-2H3. The van der Waals surface area contributed by atoms with E-state index in [0.29, 0.717) is 5.92 Å². The summed E-state index contributed by atoms with van der Waals surface area (Å²) in [7, 11) is 1.66. The molecule has 94 valence electrons. The number of benzene rings is 1. The number of rotatable bonds is 3. The number of hydrogen-bond acceptors (Lipinski definition) is 3. The Hall–Kier alpha value is -1.06. The zero-order valence-corrected chi connectivity index (χ0v) is 10.6. The molecule has 1 aliphatic heterocycles. The van der Waals surface area contributed by atoms with Crippen LogP contribution in [0, 0.1) is 12.8 Å². The van der Waals surface area contributed by atoms with Crippen molar-refractivity contribution in [1.29, 1.82) is 0 Å². The summed E-state index contributed by atoms with van der Waals surface area (Å²) in [4.78, 5) is 0. The number of nitrogens with one attached hydrogen (secondary N) is 1. The van der Waals surface area contributed by atoms with Crippen LogP contribution in [0.5, 0.6) is 5.75 Å². The maximum Gasteiger partial charge on any atom is 0.119 e. The first-order chi connectivity index (χ1) is 8.22. The Bertz CT molecular complexity index is 372. The number of piperidine rings is 1. The molecule has 1 heterocycles. The van der Waals surface area contributed by atoms with Crippen LogP contribution in [-0.4, -0.2) is 25.3 Å². The molecule has 0 radical (unpaired) electrons. The molecular weight excluding hydrogens is 214 g/mol. The molecule has 2 atom stereocenters. The van der Waals surface area contributed by atoms with E-state index in [1.807, 2.05) is 25.1 Å². The van der Waals surface area contributed by atoms with E-state index in [1.54, 1.807) is 7.11 Å². The molecule has 1 aromatic rings. The third-order valence-electron chi connectivity index (χ3n) is 3.58. The van der Waals surface area contributed by atoms with E-state index in [9.17, 15) is 5.11 Å². The Morgan fingerprint density at radius 1 is 1.47 bits per heavy atom.